The van der Waals surface area contributed by atoms with Gasteiger partial charge in [-0.2, -0.15) is 0 Å². The van der Waals surface area contributed by atoms with Crippen molar-refractivity contribution in [3.8, 4) is 11.4 Å². The van der Waals surface area contributed by atoms with E-state index in [0.717, 1.165) is 61.4 Å². The minimum absolute atomic E-state index is 0.150. The van der Waals surface area contributed by atoms with Gasteiger partial charge in [0.25, 0.3) is 0 Å². The first-order valence-corrected chi connectivity index (χ1v) is 8.92. The molecular weight excluding hydrogens is 324 g/mol. The van der Waals surface area contributed by atoms with Gasteiger partial charge in [0, 0.05) is 28.7 Å². The third-order valence-corrected chi connectivity index (χ3v) is 5.03. The highest BCUT2D eigenvalue weighted by atomic mass is 35.5. The zero-order valence-electron chi connectivity index (χ0n) is 13.4. The molecule has 1 aromatic carbocycles. The molecule has 1 aliphatic carbocycles. The van der Waals surface area contributed by atoms with Crippen LogP contribution in [0.25, 0.3) is 11.4 Å². The molecule has 2 heterocycles. The molecule has 6 heteroatoms. The van der Waals surface area contributed by atoms with Crippen LogP contribution < -0.4 is 10.6 Å². The van der Waals surface area contributed by atoms with Crippen molar-refractivity contribution in [2.24, 2.45) is 0 Å². The van der Waals surface area contributed by atoms with Crippen molar-refractivity contribution >= 4 is 23.2 Å². The number of hydrogen-bond acceptors (Lipinski definition) is 5. The van der Waals surface area contributed by atoms with Crippen LogP contribution in [-0.2, 0) is 6.42 Å². The summed E-state index contributed by atoms with van der Waals surface area (Å²) in [6, 6.07) is 7.99. The number of nitrogens with one attached hydrogen (secondary N) is 2. The molecule has 2 aromatic rings. The van der Waals surface area contributed by atoms with Crippen LogP contribution in [0.1, 0.15) is 31.2 Å². The lowest BCUT2D eigenvalue weighted by Crippen LogP contribution is -2.29. The van der Waals surface area contributed by atoms with Gasteiger partial charge in [-0.25, -0.2) is 9.97 Å². The molecule has 5 nitrogen and oxygen atoms in total. The molecule has 0 saturated heterocycles. The maximum atomic E-state index is 9.69. The standard InChI is InChI=1S/C18H21ClN4O/c19-12-3-1-2-11(10-12)16-22-17-15(8-9-20-17)18(23-16)21-13-4-6-14(24)7-5-13/h1-3,10,13-14,24H,4-9H2,(H2,20,21,22,23). The van der Waals surface area contributed by atoms with Crippen LogP contribution in [0.4, 0.5) is 11.6 Å². The van der Waals surface area contributed by atoms with Crippen LogP contribution in [0.15, 0.2) is 24.3 Å². The minimum Gasteiger partial charge on any atom is -0.393 e. The second-order valence-corrected chi connectivity index (χ2v) is 7.00. The van der Waals surface area contributed by atoms with Crippen molar-refractivity contribution in [2.45, 2.75) is 44.2 Å². The van der Waals surface area contributed by atoms with Gasteiger partial charge in [0.15, 0.2) is 5.82 Å². The largest absolute Gasteiger partial charge is 0.393 e. The van der Waals surface area contributed by atoms with Crippen LogP contribution >= 0.6 is 11.6 Å². The van der Waals surface area contributed by atoms with Crippen LogP contribution in [0.5, 0.6) is 0 Å². The van der Waals surface area contributed by atoms with Gasteiger partial charge >= 0.3 is 0 Å². The first-order valence-electron chi connectivity index (χ1n) is 8.54. The zero-order chi connectivity index (χ0) is 16.5. The van der Waals surface area contributed by atoms with Crippen molar-refractivity contribution in [3.63, 3.8) is 0 Å². The quantitative estimate of drug-likeness (QED) is 0.795. The van der Waals surface area contributed by atoms with Gasteiger partial charge in [0.1, 0.15) is 11.6 Å². The fourth-order valence-corrected chi connectivity index (χ4v) is 3.65. The lowest BCUT2D eigenvalue weighted by atomic mass is 9.93. The van der Waals surface area contributed by atoms with Crippen molar-refractivity contribution < 1.29 is 5.11 Å². The van der Waals surface area contributed by atoms with E-state index in [9.17, 15) is 5.11 Å². The summed E-state index contributed by atoms with van der Waals surface area (Å²) in [7, 11) is 0. The Morgan fingerprint density at radius 2 is 2.00 bits per heavy atom. The van der Waals surface area contributed by atoms with E-state index in [1.807, 2.05) is 24.3 Å². The Kier molecular flexibility index (Phi) is 4.29. The van der Waals surface area contributed by atoms with E-state index in [-0.39, 0.29) is 6.10 Å². The second kappa shape index (κ2) is 6.57. The van der Waals surface area contributed by atoms with E-state index < -0.39 is 0 Å². The maximum absolute atomic E-state index is 9.69. The highest BCUT2D eigenvalue weighted by molar-refractivity contribution is 6.30. The average molecular weight is 345 g/mol. The van der Waals surface area contributed by atoms with Crippen LogP contribution in [0, 0.1) is 0 Å². The molecule has 3 N–H and O–H groups in total. The monoisotopic (exact) mass is 344 g/mol. The first kappa shape index (κ1) is 15.7. The number of fused-ring (bicyclic) bond motifs is 1. The van der Waals surface area contributed by atoms with Gasteiger partial charge in [-0.05, 0) is 44.2 Å². The number of benzene rings is 1. The van der Waals surface area contributed by atoms with E-state index >= 15 is 0 Å². The van der Waals surface area contributed by atoms with E-state index in [0.29, 0.717) is 16.9 Å². The van der Waals surface area contributed by atoms with Gasteiger partial charge in [-0.3, -0.25) is 0 Å². The van der Waals surface area contributed by atoms with E-state index in [1.165, 1.54) is 0 Å². The Labute approximate surface area is 146 Å². The van der Waals surface area contributed by atoms with Crippen molar-refractivity contribution in [2.75, 3.05) is 17.2 Å². The summed E-state index contributed by atoms with van der Waals surface area (Å²) in [4.78, 5) is 9.46. The van der Waals surface area contributed by atoms with Crippen molar-refractivity contribution in [3.05, 3.63) is 34.9 Å². The first-order chi connectivity index (χ1) is 11.7. The molecule has 126 valence electrons. The van der Waals surface area contributed by atoms with E-state index in [4.69, 9.17) is 16.6 Å². The zero-order valence-corrected chi connectivity index (χ0v) is 14.2. The predicted octanol–water partition coefficient (Wildman–Crippen LogP) is 3.48. The summed E-state index contributed by atoms with van der Waals surface area (Å²) in [6.07, 6.45) is 4.43. The molecule has 1 aromatic heterocycles. The average Bonchev–Trinajstić information content (AvgIpc) is 3.06. The van der Waals surface area contributed by atoms with Crippen molar-refractivity contribution in [1.82, 2.24) is 9.97 Å². The summed E-state index contributed by atoms with van der Waals surface area (Å²) in [5.41, 5.74) is 2.08. The molecule has 0 radical (unpaired) electrons. The van der Waals surface area contributed by atoms with Gasteiger partial charge < -0.3 is 15.7 Å². The molecule has 2 aliphatic rings. The van der Waals surface area contributed by atoms with E-state index in [2.05, 4.69) is 15.6 Å². The normalized spacial score (nSPS) is 22.8. The second-order valence-electron chi connectivity index (χ2n) is 6.56. The summed E-state index contributed by atoms with van der Waals surface area (Å²) in [6.45, 7) is 0.890. The number of halogens is 1. The van der Waals surface area contributed by atoms with Gasteiger partial charge in [0.05, 0.1) is 6.10 Å². The number of rotatable bonds is 3. The number of aliphatic hydroxyl groups excluding tert-OH is 1. The van der Waals surface area contributed by atoms with Crippen LogP contribution in [0.3, 0.4) is 0 Å². The molecule has 0 unspecified atom stereocenters. The Balaban J connectivity index is 1.66. The summed E-state index contributed by atoms with van der Waals surface area (Å²) in [5.74, 6) is 2.52. The van der Waals surface area contributed by atoms with Gasteiger partial charge in [-0.15, -0.1) is 0 Å². The number of anilines is 2. The lowest BCUT2D eigenvalue weighted by Gasteiger charge is -2.27. The summed E-state index contributed by atoms with van der Waals surface area (Å²) in [5, 5.41) is 17.3. The summed E-state index contributed by atoms with van der Waals surface area (Å²) >= 11 is 6.11. The topological polar surface area (TPSA) is 70.1 Å². The Morgan fingerprint density at radius 3 is 2.79 bits per heavy atom. The molecule has 0 atom stereocenters. The van der Waals surface area contributed by atoms with Crippen molar-refractivity contribution in [1.29, 1.82) is 0 Å². The minimum atomic E-state index is -0.150. The van der Waals surface area contributed by atoms with E-state index in [1.54, 1.807) is 0 Å². The lowest BCUT2D eigenvalue weighted by molar-refractivity contribution is 0.126. The molecule has 0 amide bonds. The Hall–Kier alpha value is -1.85. The predicted molar refractivity (Wildman–Crippen MR) is 96.6 cm³/mol. The SMILES string of the molecule is OC1CCC(Nc2nc(-c3cccc(Cl)c3)nc3c2CCN3)CC1. The molecule has 4 rings (SSSR count). The molecule has 0 bridgehead atoms. The van der Waals surface area contributed by atoms with Gasteiger partial charge in [0.2, 0.25) is 0 Å². The number of aliphatic hydroxyl groups is 1. The smallest absolute Gasteiger partial charge is 0.163 e. The fraction of sp³-hybridized carbons (Fsp3) is 0.444. The highest BCUT2D eigenvalue weighted by Crippen LogP contribution is 2.32. The maximum Gasteiger partial charge on any atom is 0.163 e. The molecule has 1 aliphatic heterocycles. The van der Waals surface area contributed by atoms with Crippen LogP contribution in [0.2, 0.25) is 5.02 Å². The molecular formula is C18H21ClN4O. The number of nitrogens with zero attached hydrogens (tertiary/aromatic N) is 2. The van der Waals surface area contributed by atoms with Crippen LogP contribution in [-0.4, -0.2) is 33.8 Å². The molecule has 1 fully saturated rings. The number of aromatic nitrogens is 2. The van der Waals surface area contributed by atoms with Gasteiger partial charge in [-0.1, -0.05) is 23.7 Å². The third-order valence-electron chi connectivity index (χ3n) is 4.79. The molecule has 24 heavy (non-hydrogen) atoms. The number of hydrogen-bond donors (Lipinski definition) is 3. The molecule has 0 spiro atoms. The third kappa shape index (κ3) is 3.19. The Morgan fingerprint density at radius 1 is 1.17 bits per heavy atom. The fourth-order valence-electron chi connectivity index (χ4n) is 3.46. The molecule has 1 saturated carbocycles. The summed E-state index contributed by atoms with van der Waals surface area (Å²) < 4.78 is 0. The Bertz CT molecular complexity index is 744. The highest BCUT2D eigenvalue weighted by Gasteiger charge is 2.24.